The number of aryl methyl sites for hydroxylation is 1. The van der Waals surface area contributed by atoms with Crippen molar-refractivity contribution in [1.82, 2.24) is 0 Å². The number of hydrogen-bond donors (Lipinski definition) is 0. The van der Waals surface area contributed by atoms with Crippen molar-refractivity contribution in [1.29, 1.82) is 0 Å². The summed E-state index contributed by atoms with van der Waals surface area (Å²) >= 11 is 0. The highest BCUT2D eigenvalue weighted by molar-refractivity contribution is 8.45. The first-order valence-corrected chi connectivity index (χ1v) is 6.48. The van der Waals surface area contributed by atoms with Crippen LogP contribution in [0, 0.1) is 12.7 Å². The number of rotatable bonds is 3. The molecule has 0 aliphatic rings. The minimum Gasteiger partial charge on any atom is -0.491 e. The van der Waals surface area contributed by atoms with Gasteiger partial charge in [-0.1, -0.05) is 25.5 Å². The second-order valence-corrected chi connectivity index (χ2v) is 5.77. The molecule has 0 heterocycles. The summed E-state index contributed by atoms with van der Waals surface area (Å²) in [7, 11) is -10.0. The minimum absolute atomic E-state index is 0.125. The Balaban J connectivity index is 3.61. The molecule has 0 aliphatic heterocycles. The summed E-state index contributed by atoms with van der Waals surface area (Å²) in [5.41, 5.74) is -0.870. The lowest BCUT2D eigenvalue weighted by atomic mass is 10.2. The van der Waals surface area contributed by atoms with Gasteiger partial charge in [0.1, 0.15) is 4.90 Å². The van der Waals surface area contributed by atoms with Crippen LogP contribution in [0.2, 0.25) is 0 Å². The van der Waals surface area contributed by atoms with E-state index in [0.29, 0.717) is 0 Å². The lowest BCUT2D eigenvalue weighted by molar-refractivity contribution is 0.308. The van der Waals surface area contributed by atoms with E-state index in [9.17, 15) is 23.8 Å². The molecule has 0 radical (unpaired) electrons. The molecular weight excluding hydrogens is 270 g/mol. The van der Waals surface area contributed by atoms with Gasteiger partial charge in [0, 0.05) is 0 Å². The predicted molar refractivity (Wildman–Crippen MR) is 53.7 cm³/mol. The van der Waals surface area contributed by atoms with Crippen molar-refractivity contribution in [3.8, 4) is 5.75 Å². The number of ether oxygens (including phenoxy) is 1. The molecule has 0 amide bonds. The van der Waals surface area contributed by atoms with Crippen LogP contribution in [0.5, 0.6) is 5.75 Å². The molecule has 1 aromatic rings. The third kappa shape index (κ3) is 2.99. The Bertz CT molecular complexity index is 452. The van der Waals surface area contributed by atoms with E-state index in [1.165, 1.54) is 6.92 Å². The summed E-state index contributed by atoms with van der Waals surface area (Å²) in [4.78, 5) is -2.50. The van der Waals surface area contributed by atoms with E-state index in [1.807, 2.05) is 0 Å². The van der Waals surface area contributed by atoms with E-state index < -0.39 is 32.2 Å². The van der Waals surface area contributed by atoms with E-state index in [1.54, 1.807) is 0 Å². The fourth-order valence-electron chi connectivity index (χ4n) is 1.38. The average molecular weight is 280 g/mol. The maximum absolute atomic E-state index is 13.4. The van der Waals surface area contributed by atoms with Gasteiger partial charge in [-0.05, 0) is 25.5 Å². The molecule has 1 rings (SSSR count). The first kappa shape index (κ1) is 14.0. The topological polar surface area (TPSA) is 9.23 Å². The molecule has 0 fully saturated rings. The zero-order valence-electron chi connectivity index (χ0n) is 8.95. The normalized spacial score (nSPS) is 16.2. The molecule has 0 bridgehead atoms. The van der Waals surface area contributed by atoms with Gasteiger partial charge >= 0.3 is 10.2 Å². The summed E-state index contributed by atoms with van der Waals surface area (Å²) in [5, 5.41) is 0. The van der Waals surface area contributed by atoms with Gasteiger partial charge in [-0.15, -0.1) is 0 Å². The van der Waals surface area contributed by atoms with Gasteiger partial charge in [0.15, 0.2) is 11.6 Å². The van der Waals surface area contributed by atoms with Crippen LogP contribution in [0.1, 0.15) is 12.5 Å². The zero-order chi connectivity index (χ0) is 13.5. The predicted octanol–water partition coefficient (Wildman–Crippen LogP) is 5.19. The van der Waals surface area contributed by atoms with Crippen LogP contribution >= 0.6 is 10.2 Å². The first-order chi connectivity index (χ1) is 7.36. The highest BCUT2D eigenvalue weighted by atomic mass is 32.5. The van der Waals surface area contributed by atoms with Gasteiger partial charge in [0.25, 0.3) is 0 Å². The van der Waals surface area contributed by atoms with Gasteiger partial charge < -0.3 is 4.74 Å². The molecular formula is C9H10F6OS. The molecule has 1 nitrogen and oxygen atoms in total. The van der Waals surface area contributed by atoms with Crippen molar-refractivity contribution >= 4 is 10.2 Å². The number of benzene rings is 1. The average Bonchev–Trinajstić information content (AvgIpc) is 2.05. The van der Waals surface area contributed by atoms with Crippen LogP contribution in [0.3, 0.4) is 0 Å². The van der Waals surface area contributed by atoms with Crippen molar-refractivity contribution in [2.24, 2.45) is 0 Å². The van der Waals surface area contributed by atoms with E-state index >= 15 is 0 Å². The van der Waals surface area contributed by atoms with Crippen molar-refractivity contribution in [3.63, 3.8) is 0 Å². The van der Waals surface area contributed by atoms with Gasteiger partial charge in [-0.3, -0.25) is 0 Å². The largest absolute Gasteiger partial charge is 0.491 e. The molecule has 0 saturated carbocycles. The Labute approximate surface area is 94.1 Å². The number of hydrogen-bond acceptors (Lipinski definition) is 1. The standard InChI is InChI=1S/C9H10F6OS/c1-3-16-7-5-4-6(2)9(8(7)10)17(11,12,13,14)15/h4-5H,3H2,1-2H3. The molecule has 0 spiro atoms. The Morgan fingerprint density at radius 1 is 1.12 bits per heavy atom. The maximum atomic E-state index is 13.4. The lowest BCUT2D eigenvalue weighted by Gasteiger charge is -2.41. The molecule has 0 aromatic heterocycles. The van der Waals surface area contributed by atoms with Gasteiger partial charge in [-0.2, -0.15) is 0 Å². The summed E-state index contributed by atoms with van der Waals surface area (Å²) in [6.45, 7) is 2.05. The van der Waals surface area contributed by atoms with Crippen molar-refractivity contribution in [2.75, 3.05) is 6.61 Å². The van der Waals surface area contributed by atoms with Gasteiger partial charge in [-0.25, -0.2) is 4.39 Å². The van der Waals surface area contributed by atoms with Crippen LogP contribution in [-0.2, 0) is 0 Å². The first-order valence-electron chi connectivity index (χ1n) is 4.53. The smallest absolute Gasteiger partial charge is 0.313 e. The van der Waals surface area contributed by atoms with Crippen LogP contribution in [-0.4, -0.2) is 6.61 Å². The van der Waals surface area contributed by atoms with E-state index in [2.05, 4.69) is 4.74 Å². The Hall–Kier alpha value is -1.05. The molecule has 17 heavy (non-hydrogen) atoms. The maximum Gasteiger partial charge on any atom is 0.313 e. The molecule has 0 aliphatic carbocycles. The van der Waals surface area contributed by atoms with E-state index in [0.717, 1.165) is 19.1 Å². The SMILES string of the molecule is CCOc1ccc(C)c(S(F)(F)(F)(F)F)c1F. The molecule has 0 atom stereocenters. The van der Waals surface area contributed by atoms with Crippen molar-refractivity contribution in [3.05, 3.63) is 23.5 Å². The molecule has 0 saturated heterocycles. The van der Waals surface area contributed by atoms with Gasteiger partial charge in [0.05, 0.1) is 6.61 Å². The lowest BCUT2D eigenvalue weighted by Crippen LogP contribution is -2.12. The second kappa shape index (κ2) is 3.24. The number of halogens is 6. The Morgan fingerprint density at radius 3 is 2.06 bits per heavy atom. The van der Waals surface area contributed by atoms with Gasteiger partial charge in [0.2, 0.25) is 0 Å². The third-order valence-electron chi connectivity index (χ3n) is 1.94. The quantitative estimate of drug-likeness (QED) is 0.692. The fraction of sp³-hybridized carbons (Fsp3) is 0.333. The monoisotopic (exact) mass is 280 g/mol. The third-order valence-corrected chi connectivity index (χ3v) is 3.22. The van der Waals surface area contributed by atoms with Crippen LogP contribution in [0.25, 0.3) is 0 Å². The fourth-order valence-corrected chi connectivity index (χ4v) is 2.49. The zero-order valence-corrected chi connectivity index (χ0v) is 9.76. The minimum atomic E-state index is -10.0. The summed E-state index contributed by atoms with van der Waals surface area (Å²) in [5.74, 6) is -2.90. The highest BCUT2D eigenvalue weighted by Crippen LogP contribution is 3.02. The molecule has 0 unspecified atom stereocenters. The second-order valence-electron chi connectivity index (χ2n) is 3.43. The van der Waals surface area contributed by atoms with Crippen LogP contribution in [0.15, 0.2) is 17.0 Å². The Morgan fingerprint density at radius 2 is 1.65 bits per heavy atom. The summed E-state index contributed by atoms with van der Waals surface area (Å²) in [6, 6.07) is 1.64. The summed E-state index contributed by atoms with van der Waals surface area (Å²) in [6.07, 6.45) is 0. The molecule has 100 valence electrons. The molecule has 8 heteroatoms. The summed E-state index contributed by atoms with van der Waals surface area (Å²) < 4.78 is 80.9. The Kier molecular flexibility index (Phi) is 2.67. The van der Waals surface area contributed by atoms with Crippen molar-refractivity contribution < 1.29 is 28.6 Å². The van der Waals surface area contributed by atoms with E-state index in [4.69, 9.17) is 0 Å². The van der Waals surface area contributed by atoms with Crippen LogP contribution < -0.4 is 4.74 Å². The molecule has 1 aromatic carbocycles. The highest BCUT2D eigenvalue weighted by Gasteiger charge is 2.68. The van der Waals surface area contributed by atoms with E-state index in [-0.39, 0.29) is 6.61 Å². The van der Waals surface area contributed by atoms with Crippen LogP contribution in [0.4, 0.5) is 23.8 Å². The molecule has 0 N–H and O–H groups in total. The van der Waals surface area contributed by atoms with Crippen molar-refractivity contribution in [2.45, 2.75) is 18.7 Å².